The van der Waals surface area contributed by atoms with E-state index in [9.17, 15) is 14.7 Å². The third-order valence-electron chi connectivity index (χ3n) is 3.56. The van der Waals surface area contributed by atoms with Crippen LogP contribution in [0.15, 0.2) is 52.6 Å². The van der Waals surface area contributed by atoms with Crippen molar-refractivity contribution in [2.45, 2.75) is 12.5 Å². The number of pyridine rings is 1. The first-order valence-corrected chi connectivity index (χ1v) is 8.81. The van der Waals surface area contributed by atoms with Crippen LogP contribution in [-0.2, 0) is 11.2 Å². The average Bonchev–Trinajstić information content (AvgIpc) is 2.97. The number of carbonyl (C=O) groups is 2. The first kappa shape index (κ1) is 19.4. The van der Waals surface area contributed by atoms with Gasteiger partial charge in [-0.05, 0) is 44.4 Å². The summed E-state index contributed by atoms with van der Waals surface area (Å²) in [5.41, 5.74) is 1.22. The molecule has 2 heterocycles. The van der Waals surface area contributed by atoms with Crippen LogP contribution in [0.5, 0.6) is 0 Å². The van der Waals surface area contributed by atoms with Crippen LogP contribution < -0.4 is 5.32 Å². The van der Waals surface area contributed by atoms with Crippen LogP contribution in [0.1, 0.15) is 15.9 Å². The number of hydrogen-bond acceptors (Lipinski definition) is 4. The molecule has 0 aliphatic rings. The van der Waals surface area contributed by atoms with Gasteiger partial charge >= 0.3 is 5.97 Å². The maximum atomic E-state index is 12.3. The van der Waals surface area contributed by atoms with E-state index in [4.69, 9.17) is 0 Å². The van der Waals surface area contributed by atoms with E-state index in [1.807, 2.05) is 29.6 Å². The van der Waals surface area contributed by atoms with Crippen molar-refractivity contribution in [2.24, 2.45) is 0 Å². The molecule has 0 saturated carbocycles. The number of thiophene rings is 1. The van der Waals surface area contributed by atoms with Gasteiger partial charge in [0.1, 0.15) is 6.04 Å². The highest BCUT2D eigenvalue weighted by Gasteiger charge is 2.22. The molecule has 5 nitrogen and oxygen atoms in total. The van der Waals surface area contributed by atoms with Crippen molar-refractivity contribution < 1.29 is 14.7 Å². The lowest BCUT2D eigenvalue weighted by atomic mass is 10.0. The Labute approximate surface area is 162 Å². The molecule has 1 amide bonds. The number of benzene rings is 1. The predicted molar refractivity (Wildman–Crippen MR) is 104 cm³/mol. The molecule has 2 N–H and O–H groups in total. The number of carboxylic acids is 1. The zero-order valence-corrected chi connectivity index (χ0v) is 16.0. The highest BCUT2D eigenvalue weighted by molar-refractivity contribution is 9.10. The van der Waals surface area contributed by atoms with Crippen LogP contribution in [0, 0.1) is 0 Å². The molecule has 0 unspecified atom stereocenters. The Kier molecular flexibility index (Phi) is 6.52. The van der Waals surface area contributed by atoms with Gasteiger partial charge in [0.15, 0.2) is 0 Å². The van der Waals surface area contributed by atoms with Gasteiger partial charge in [0, 0.05) is 28.0 Å². The lowest BCUT2D eigenvalue weighted by Gasteiger charge is -2.14. The van der Waals surface area contributed by atoms with Gasteiger partial charge in [-0.15, -0.1) is 23.7 Å². The van der Waals surface area contributed by atoms with Crippen molar-refractivity contribution in [2.75, 3.05) is 0 Å². The van der Waals surface area contributed by atoms with Crippen molar-refractivity contribution in [3.8, 4) is 0 Å². The minimum Gasteiger partial charge on any atom is -0.480 e. The third-order valence-corrected chi connectivity index (χ3v) is 5.00. The summed E-state index contributed by atoms with van der Waals surface area (Å²) in [6.45, 7) is 0. The summed E-state index contributed by atoms with van der Waals surface area (Å²) in [4.78, 5) is 27.8. The summed E-state index contributed by atoms with van der Waals surface area (Å²) in [7, 11) is 0. The molecule has 8 heteroatoms. The van der Waals surface area contributed by atoms with Crippen LogP contribution in [0.4, 0.5) is 0 Å². The van der Waals surface area contributed by atoms with Gasteiger partial charge in [-0.1, -0.05) is 18.2 Å². The molecule has 0 bridgehead atoms. The first-order chi connectivity index (χ1) is 11.5. The Morgan fingerprint density at radius 2 is 2.04 bits per heavy atom. The van der Waals surface area contributed by atoms with Crippen LogP contribution >= 0.6 is 39.7 Å². The predicted octanol–water partition coefficient (Wildman–Crippen LogP) is 3.91. The number of nitrogens with zero attached hydrogens (tertiary/aromatic N) is 1. The monoisotopic (exact) mass is 440 g/mol. The molecule has 0 fully saturated rings. The maximum absolute atomic E-state index is 12.3. The molecule has 2 aromatic heterocycles. The number of rotatable bonds is 5. The SMILES string of the molecule is Cl.O=C(N[C@@H](Cc1csc2ccccc12)C(=O)O)c1cncc(Br)c1. The Bertz CT molecular complexity index is 916. The number of halogens is 2. The molecule has 3 aromatic rings. The van der Waals surface area contributed by atoms with E-state index in [1.54, 1.807) is 23.6 Å². The Hall–Kier alpha value is -1.96. The molecule has 0 spiro atoms. The van der Waals surface area contributed by atoms with Gasteiger partial charge in [0.25, 0.3) is 5.91 Å². The quantitative estimate of drug-likeness (QED) is 0.629. The number of fused-ring (bicyclic) bond motifs is 1. The number of hydrogen-bond donors (Lipinski definition) is 2. The number of carbonyl (C=O) groups excluding carboxylic acids is 1. The van der Waals surface area contributed by atoms with E-state index in [0.717, 1.165) is 15.6 Å². The smallest absolute Gasteiger partial charge is 0.326 e. The summed E-state index contributed by atoms with van der Waals surface area (Å²) >= 11 is 4.81. The lowest BCUT2D eigenvalue weighted by Crippen LogP contribution is -2.42. The highest BCUT2D eigenvalue weighted by Crippen LogP contribution is 2.26. The van der Waals surface area contributed by atoms with Gasteiger partial charge in [0.2, 0.25) is 0 Å². The summed E-state index contributed by atoms with van der Waals surface area (Å²) < 4.78 is 1.75. The van der Waals surface area contributed by atoms with Crippen LogP contribution in [0.3, 0.4) is 0 Å². The van der Waals surface area contributed by atoms with E-state index in [2.05, 4.69) is 26.2 Å². The zero-order chi connectivity index (χ0) is 17.1. The van der Waals surface area contributed by atoms with E-state index < -0.39 is 17.9 Å². The second-order valence-corrected chi connectivity index (χ2v) is 7.04. The number of aromatic nitrogens is 1. The maximum Gasteiger partial charge on any atom is 0.326 e. The molecule has 0 aliphatic carbocycles. The number of amides is 1. The summed E-state index contributed by atoms with van der Waals surface area (Å²) in [5, 5.41) is 15.0. The van der Waals surface area contributed by atoms with Gasteiger partial charge in [-0.3, -0.25) is 9.78 Å². The standard InChI is InChI=1S/C17H13BrN2O3S.ClH/c18-12-5-10(7-19-8-12)16(21)20-14(17(22)23)6-11-9-24-15-4-2-1-3-13(11)15;/h1-5,7-9,14H,6H2,(H,20,21)(H,22,23);1H/t14-;/m0./s1. The van der Waals surface area contributed by atoms with Crippen molar-refractivity contribution in [1.82, 2.24) is 10.3 Å². The first-order valence-electron chi connectivity index (χ1n) is 7.14. The number of aliphatic carboxylic acids is 1. The molecule has 130 valence electrons. The molecule has 25 heavy (non-hydrogen) atoms. The van der Waals surface area contributed by atoms with Gasteiger partial charge in [-0.2, -0.15) is 0 Å². The Morgan fingerprint density at radius 1 is 1.28 bits per heavy atom. The van der Waals surface area contributed by atoms with Gasteiger partial charge in [-0.25, -0.2) is 4.79 Å². The van der Waals surface area contributed by atoms with E-state index in [0.29, 0.717) is 10.0 Å². The van der Waals surface area contributed by atoms with E-state index in [1.165, 1.54) is 6.20 Å². The van der Waals surface area contributed by atoms with E-state index >= 15 is 0 Å². The molecule has 3 rings (SSSR count). The van der Waals surface area contributed by atoms with Crippen molar-refractivity contribution in [3.63, 3.8) is 0 Å². The van der Waals surface area contributed by atoms with E-state index in [-0.39, 0.29) is 18.8 Å². The van der Waals surface area contributed by atoms with Crippen LogP contribution in [-0.4, -0.2) is 28.0 Å². The summed E-state index contributed by atoms with van der Waals surface area (Å²) in [5.74, 6) is -1.53. The van der Waals surface area contributed by atoms with Crippen LogP contribution in [0.2, 0.25) is 0 Å². The Balaban J connectivity index is 0.00000225. The lowest BCUT2D eigenvalue weighted by molar-refractivity contribution is -0.139. The van der Waals surface area contributed by atoms with Crippen molar-refractivity contribution in [1.29, 1.82) is 0 Å². The highest BCUT2D eigenvalue weighted by atomic mass is 79.9. The number of carboxylic acid groups (broad SMARTS) is 1. The molecular formula is C17H14BrClN2O3S. The summed E-state index contributed by atoms with van der Waals surface area (Å²) in [6.07, 6.45) is 3.19. The normalized spacial score (nSPS) is 11.6. The minimum atomic E-state index is -1.07. The van der Waals surface area contributed by atoms with Gasteiger partial charge < -0.3 is 10.4 Å². The fraction of sp³-hybridized carbons (Fsp3) is 0.118. The molecule has 0 radical (unpaired) electrons. The van der Waals surface area contributed by atoms with Crippen LogP contribution in [0.25, 0.3) is 10.1 Å². The molecule has 1 aromatic carbocycles. The van der Waals surface area contributed by atoms with Gasteiger partial charge in [0.05, 0.1) is 5.56 Å². The minimum absolute atomic E-state index is 0. The summed E-state index contributed by atoms with van der Waals surface area (Å²) in [6, 6.07) is 8.40. The number of nitrogens with one attached hydrogen (secondary N) is 1. The second kappa shape index (κ2) is 8.42. The fourth-order valence-corrected chi connectivity index (χ4v) is 3.73. The largest absolute Gasteiger partial charge is 0.480 e. The Morgan fingerprint density at radius 3 is 2.76 bits per heavy atom. The van der Waals surface area contributed by atoms with Crippen molar-refractivity contribution >= 4 is 61.6 Å². The molecule has 0 aliphatic heterocycles. The van der Waals surface area contributed by atoms with Crippen molar-refractivity contribution in [3.05, 3.63) is 63.7 Å². The second-order valence-electron chi connectivity index (χ2n) is 5.22. The molecule has 1 atom stereocenters. The third kappa shape index (κ3) is 4.56. The zero-order valence-electron chi connectivity index (χ0n) is 12.8. The molecular weight excluding hydrogens is 428 g/mol. The average molecular weight is 442 g/mol. The fourth-order valence-electron chi connectivity index (χ4n) is 2.39. The molecule has 0 saturated heterocycles. The topological polar surface area (TPSA) is 79.3 Å².